The lowest BCUT2D eigenvalue weighted by molar-refractivity contribution is -0.870. The average Bonchev–Trinajstić information content (AvgIpc) is 3.64. The summed E-state index contributed by atoms with van der Waals surface area (Å²) in [6.45, 7) is 6.77. The fourth-order valence-corrected chi connectivity index (χ4v) is 10.5. The van der Waals surface area contributed by atoms with Crippen LogP contribution < -0.4 is 5.32 Å². The minimum atomic E-state index is -4.47. The number of ether oxygens (including phenoxy) is 1. The summed E-state index contributed by atoms with van der Waals surface area (Å²) in [5.41, 5.74) is 0. The van der Waals surface area contributed by atoms with Gasteiger partial charge < -0.3 is 19.4 Å². The number of unbranched alkanes of at least 4 members (excludes halogenated alkanes) is 26. The first kappa shape index (κ1) is 84.9. The van der Waals surface area contributed by atoms with Crippen LogP contribution in [0.4, 0.5) is 0 Å². The van der Waals surface area contributed by atoms with Crippen molar-refractivity contribution in [2.75, 3.05) is 40.9 Å². The van der Waals surface area contributed by atoms with Crippen LogP contribution in [0.1, 0.15) is 290 Å². The smallest absolute Gasteiger partial charge is 0.456 e. The first-order valence-corrected chi connectivity index (χ1v) is 37.7. The Bertz CT molecular complexity index is 2030. The lowest BCUT2D eigenvalue weighted by atomic mass is 10.0. The Morgan fingerprint density at radius 2 is 0.719 bits per heavy atom. The molecule has 0 spiro atoms. The van der Waals surface area contributed by atoms with Gasteiger partial charge in [0.05, 0.1) is 33.8 Å². The number of carbonyl (C=O) groups is 2. The van der Waals surface area contributed by atoms with Crippen molar-refractivity contribution >= 4 is 19.7 Å². The van der Waals surface area contributed by atoms with Gasteiger partial charge in [-0.2, -0.15) is 0 Å². The van der Waals surface area contributed by atoms with E-state index in [0.717, 1.165) is 161 Å². The number of carbonyl (C=O) groups excluding carboxylic acids is 2. The van der Waals surface area contributed by atoms with Gasteiger partial charge in [-0.25, -0.2) is 4.57 Å². The predicted octanol–water partition coefficient (Wildman–Crippen LogP) is 23.3. The van der Waals surface area contributed by atoms with E-state index in [2.05, 4.69) is 160 Å². The molecule has 0 fully saturated rings. The van der Waals surface area contributed by atoms with Crippen LogP contribution in [0.5, 0.6) is 0 Å². The molecule has 0 saturated carbocycles. The number of likely N-dealkylation sites (N-methyl/N-ethyl adjacent to an activating group) is 1. The molecule has 0 heterocycles. The van der Waals surface area contributed by atoms with E-state index in [1.807, 2.05) is 33.3 Å². The van der Waals surface area contributed by atoms with Crippen molar-refractivity contribution in [1.29, 1.82) is 0 Å². The van der Waals surface area contributed by atoms with E-state index >= 15 is 0 Å². The molecule has 0 aliphatic heterocycles. The van der Waals surface area contributed by atoms with Crippen LogP contribution in [0, 0.1) is 0 Å². The highest BCUT2D eigenvalue weighted by molar-refractivity contribution is 7.47. The molecule has 0 aliphatic carbocycles. The summed E-state index contributed by atoms with van der Waals surface area (Å²) < 4.78 is 30.8. The molecule has 3 atom stereocenters. The number of nitrogens with one attached hydrogen (secondary N) is 1. The standard InChI is InChI=1S/C79H135N2O7P/c1-7-10-13-16-19-22-25-27-29-31-33-35-37-39-40-42-43-45-47-49-51-53-56-59-62-65-68-71-78(82)80-76(75-87-89(84,85)86-74-73-81(4,5)6)77(70-67-64-61-58-55-24-21-18-15-12-9-3)88-79(83)72-69-66-63-60-57-54-52-50-48-46-44-41-38-36-34-32-30-28-26-23-20-17-14-11-8-2/h10-11,13-14,19-20,22-23,27-30,33-36,39-41,44,48,50,67,70,76-77H,7-9,12,15-18,21,24-26,31-32,37-38,42-43,45-47,49,51-66,68-69,71-75H2,1-6H3,(H-,80,82,84,85)/p+1/b13-10-,14-11-,22-19-,23-20-,29-27-,30-28-,35-33-,36-34-,40-39-,44-41-,50-48-,70-67+. The van der Waals surface area contributed by atoms with Crippen molar-refractivity contribution in [3.63, 3.8) is 0 Å². The fourth-order valence-electron chi connectivity index (χ4n) is 9.79. The summed E-state index contributed by atoms with van der Waals surface area (Å²) in [6.07, 6.45) is 97.2. The molecular formula is C79H136N2O7P+. The second-order valence-corrected chi connectivity index (χ2v) is 26.4. The van der Waals surface area contributed by atoms with Crippen molar-refractivity contribution in [2.45, 2.75) is 303 Å². The van der Waals surface area contributed by atoms with Crippen LogP contribution in [0.25, 0.3) is 0 Å². The molecule has 0 saturated heterocycles. The van der Waals surface area contributed by atoms with Crippen LogP contribution >= 0.6 is 7.82 Å². The molecule has 0 aromatic carbocycles. The highest BCUT2D eigenvalue weighted by atomic mass is 31.2. The number of hydrogen-bond donors (Lipinski definition) is 2. The Balaban J connectivity index is 5.06. The van der Waals surface area contributed by atoms with Crippen molar-refractivity contribution in [3.05, 3.63) is 146 Å². The number of phosphoric ester groups is 1. The summed E-state index contributed by atoms with van der Waals surface area (Å²) in [7, 11) is 1.47. The van der Waals surface area contributed by atoms with Crippen LogP contribution in [-0.4, -0.2) is 74.3 Å². The van der Waals surface area contributed by atoms with Gasteiger partial charge in [0.15, 0.2) is 0 Å². The number of phosphoric acid groups is 1. The number of esters is 1. The third kappa shape index (κ3) is 68.1. The van der Waals surface area contributed by atoms with Gasteiger partial charge in [-0.1, -0.05) is 295 Å². The number of amides is 1. The van der Waals surface area contributed by atoms with E-state index in [-0.39, 0.29) is 31.5 Å². The van der Waals surface area contributed by atoms with Crippen LogP contribution in [0.3, 0.4) is 0 Å². The van der Waals surface area contributed by atoms with Crippen LogP contribution in [-0.2, 0) is 27.9 Å². The molecule has 0 aliphatic rings. The number of hydrogen-bond acceptors (Lipinski definition) is 6. The minimum Gasteiger partial charge on any atom is -0.456 e. The summed E-state index contributed by atoms with van der Waals surface area (Å²) in [4.78, 5) is 37.9. The maximum absolute atomic E-state index is 13.6. The molecule has 89 heavy (non-hydrogen) atoms. The second kappa shape index (κ2) is 66.8. The summed E-state index contributed by atoms with van der Waals surface area (Å²) >= 11 is 0. The molecule has 9 nitrogen and oxygen atoms in total. The monoisotopic (exact) mass is 1260 g/mol. The zero-order valence-corrected chi connectivity index (χ0v) is 59.0. The topological polar surface area (TPSA) is 111 Å². The van der Waals surface area contributed by atoms with Gasteiger partial charge in [0.25, 0.3) is 0 Å². The zero-order chi connectivity index (χ0) is 64.9. The fraction of sp³-hybridized carbons (Fsp3) is 0.671. The Morgan fingerprint density at radius 3 is 1.08 bits per heavy atom. The van der Waals surface area contributed by atoms with Crippen LogP contribution in [0.2, 0.25) is 0 Å². The van der Waals surface area contributed by atoms with E-state index < -0.39 is 20.0 Å². The van der Waals surface area contributed by atoms with Gasteiger partial charge in [0.2, 0.25) is 5.91 Å². The summed E-state index contributed by atoms with van der Waals surface area (Å²) in [6, 6.07) is -0.868. The molecule has 0 bridgehead atoms. The lowest BCUT2D eigenvalue weighted by Crippen LogP contribution is -2.47. The Kier molecular flexibility index (Phi) is 63.7. The molecule has 508 valence electrons. The second-order valence-electron chi connectivity index (χ2n) is 25.0. The quantitative estimate of drug-likeness (QED) is 0.0205. The van der Waals surface area contributed by atoms with Gasteiger partial charge in [0, 0.05) is 12.8 Å². The molecule has 0 aromatic rings. The average molecular weight is 1260 g/mol. The Labute approximate surface area is 548 Å². The SMILES string of the molecule is CC/C=C\C/C=C\C/C=C\C/C=C\C/C=C\C/C=C\CCCCCCCCC(=O)OC(/C=C/CCCCCCCCCCC)C(COP(=O)(O)OCC[N+](C)(C)C)NC(=O)CCCCCCCCCCCCC/C=C\C/C=C\C/C=C\C/C=C\C/C=C\CC. The summed E-state index contributed by atoms with van der Waals surface area (Å²) in [5, 5.41) is 3.06. The minimum absolute atomic E-state index is 0.0296. The number of allylic oxidation sites excluding steroid dienone is 23. The number of nitrogens with zero attached hydrogens (tertiary/aromatic N) is 1. The third-order valence-corrected chi connectivity index (χ3v) is 16.3. The predicted molar refractivity (Wildman–Crippen MR) is 387 cm³/mol. The van der Waals surface area contributed by atoms with Crippen LogP contribution in [0.15, 0.2) is 146 Å². The van der Waals surface area contributed by atoms with Crippen molar-refractivity contribution in [3.8, 4) is 0 Å². The van der Waals surface area contributed by atoms with E-state index in [9.17, 15) is 19.0 Å². The van der Waals surface area contributed by atoms with Crippen molar-refractivity contribution in [2.24, 2.45) is 0 Å². The zero-order valence-electron chi connectivity index (χ0n) is 58.1. The molecule has 1 amide bonds. The van der Waals surface area contributed by atoms with Gasteiger partial charge in [0.1, 0.15) is 19.3 Å². The first-order chi connectivity index (χ1) is 43.4. The first-order valence-electron chi connectivity index (χ1n) is 36.2. The van der Waals surface area contributed by atoms with Gasteiger partial charge in [-0.15, -0.1) is 0 Å². The van der Waals surface area contributed by atoms with Gasteiger partial charge >= 0.3 is 13.8 Å². The highest BCUT2D eigenvalue weighted by Crippen LogP contribution is 2.43. The Morgan fingerprint density at radius 1 is 0.404 bits per heavy atom. The number of quaternary nitrogens is 1. The van der Waals surface area contributed by atoms with Gasteiger partial charge in [-0.3, -0.25) is 18.6 Å². The van der Waals surface area contributed by atoms with Crippen molar-refractivity contribution in [1.82, 2.24) is 5.32 Å². The lowest BCUT2D eigenvalue weighted by Gasteiger charge is -2.27. The molecule has 0 aromatic heterocycles. The number of rotatable bonds is 64. The van der Waals surface area contributed by atoms with Crippen molar-refractivity contribution < 1.29 is 37.3 Å². The third-order valence-electron chi connectivity index (χ3n) is 15.3. The van der Waals surface area contributed by atoms with E-state index in [4.69, 9.17) is 13.8 Å². The molecular weight excluding hydrogens is 1120 g/mol. The largest absolute Gasteiger partial charge is 0.472 e. The Hall–Kier alpha value is -4.11. The molecule has 0 radical (unpaired) electrons. The molecule has 0 rings (SSSR count). The molecule has 2 N–H and O–H groups in total. The normalized spacial score (nSPS) is 14.4. The molecule has 10 heteroatoms. The molecule has 3 unspecified atom stereocenters. The van der Waals surface area contributed by atoms with Gasteiger partial charge in [-0.05, 0) is 128 Å². The maximum Gasteiger partial charge on any atom is 0.472 e. The van der Waals surface area contributed by atoms with E-state index in [1.165, 1.54) is 89.9 Å². The maximum atomic E-state index is 13.6. The highest BCUT2D eigenvalue weighted by Gasteiger charge is 2.30. The van der Waals surface area contributed by atoms with E-state index in [0.29, 0.717) is 23.9 Å². The summed E-state index contributed by atoms with van der Waals surface area (Å²) in [5.74, 6) is -0.531. The van der Waals surface area contributed by atoms with E-state index in [1.54, 1.807) is 0 Å².